The number of allylic oxidation sites excluding steroid dienone is 1. The van der Waals surface area contributed by atoms with E-state index in [0.717, 1.165) is 31.9 Å². The van der Waals surface area contributed by atoms with Gasteiger partial charge in [-0.3, -0.25) is 0 Å². The number of ether oxygens (including phenoxy) is 1. The number of benzene rings is 2. The molecule has 0 fully saturated rings. The lowest BCUT2D eigenvalue weighted by molar-refractivity contribution is 0.308. The zero-order chi connectivity index (χ0) is 19.6. The molecule has 28 heavy (non-hydrogen) atoms. The Morgan fingerprint density at radius 3 is 2.64 bits per heavy atom. The lowest BCUT2D eigenvalue weighted by Crippen LogP contribution is -2.16. The van der Waals surface area contributed by atoms with Crippen LogP contribution in [0.15, 0.2) is 76.3 Å². The Bertz CT molecular complexity index is 870. The second-order valence-electron chi connectivity index (χ2n) is 6.67. The number of aryl methyl sites for hydroxylation is 1. The molecule has 0 unspecified atom stereocenters. The molecule has 1 heterocycles. The summed E-state index contributed by atoms with van der Waals surface area (Å²) in [5.74, 6) is 0.932. The third-order valence-electron chi connectivity index (χ3n) is 4.41. The van der Waals surface area contributed by atoms with Crippen LogP contribution in [0.2, 0.25) is 0 Å². The van der Waals surface area contributed by atoms with Gasteiger partial charge >= 0.3 is 0 Å². The van der Waals surface area contributed by atoms with Gasteiger partial charge in [-0.15, -0.1) is 11.3 Å². The minimum absolute atomic E-state index is 0.731. The van der Waals surface area contributed by atoms with Crippen molar-refractivity contribution in [2.75, 3.05) is 13.2 Å². The molecular weight excluding hydrogens is 382 g/mol. The average molecular weight is 410 g/mol. The summed E-state index contributed by atoms with van der Waals surface area (Å²) >= 11 is 3.57. The van der Waals surface area contributed by atoms with E-state index in [9.17, 15) is 0 Å². The highest BCUT2D eigenvalue weighted by molar-refractivity contribution is 8.02. The molecule has 0 aliphatic carbocycles. The van der Waals surface area contributed by atoms with Crippen molar-refractivity contribution in [3.8, 4) is 5.75 Å². The van der Waals surface area contributed by atoms with Crippen molar-refractivity contribution in [1.29, 1.82) is 0 Å². The molecule has 0 atom stereocenters. The lowest BCUT2D eigenvalue weighted by atomic mass is 10.1. The summed E-state index contributed by atoms with van der Waals surface area (Å²) < 4.78 is 5.86. The number of rotatable bonds is 10. The van der Waals surface area contributed by atoms with Crippen molar-refractivity contribution in [1.82, 2.24) is 5.32 Å². The second kappa shape index (κ2) is 11.1. The van der Waals surface area contributed by atoms with E-state index in [-0.39, 0.29) is 0 Å². The van der Waals surface area contributed by atoms with Crippen molar-refractivity contribution in [3.63, 3.8) is 0 Å². The SMILES string of the molecule is C/C(=C\Sc1ccccc1C)c1ccc(OCCCNCc2cccs2)cc1. The molecule has 4 heteroatoms. The first kappa shape index (κ1) is 20.7. The van der Waals surface area contributed by atoms with Gasteiger partial charge in [0.05, 0.1) is 6.61 Å². The molecular formula is C24H27NOS2. The first-order valence-corrected chi connectivity index (χ1v) is 11.3. The van der Waals surface area contributed by atoms with Crippen LogP contribution < -0.4 is 10.1 Å². The van der Waals surface area contributed by atoms with Crippen LogP contribution in [0.5, 0.6) is 5.75 Å². The molecule has 2 aromatic carbocycles. The summed E-state index contributed by atoms with van der Waals surface area (Å²) in [7, 11) is 0. The molecule has 0 bridgehead atoms. The minimum Gasteiger partial charge on any atom is -0.494 e. The Balaban J connectivity index is 1.40. The summed E-state index contributed by atoms with van der Waals surface area (Å²) in [5.41, 5.74) is 3.80. The van der Waals surface area contributed by atoms with E-state index in [2.05, 4.69) is 90.6 Å². The predicted molar refractivity (Wildman–Crippen MR) is 123 cm³/mol. The third kappa shape index (κ3) is 6.55. The molecule has 0 aliphatic rings. The van der Waals surface area contributed by atoms with Crippen LogP contribution in [-0.2, 0) is 6.54 Å². The molecule has 2 nitrogen and oxygen atoms in total. The van der Waals surface area contributed by atoms with E-state index in [4.69, 9.17) is 4.74 Å². The van der Waals surface area contributed by atoms with E-state index >= 15 is 0 Å². The smallest absolute Gasteiger partial charge is 0.119 e. The summed E-state index contributed by atoms with van der Waals surface area (Å²) in [6, 6.07) is 21.1. The van der Waals surface area contributed by atoms with Crippen molar-refractivity contribution in [3.05, 3.63) is 87.5 Å². The molecule has 1 N–H and O–H groups in total. The van der Waals surface area contributed by atoms with Gasteiger partial charge in [0.15, 0.2) is 0 Å². The molecule has 0 aliphatic heterocycles. The highest BCUT2D eigenvalue weighted by Crippen LogP contribution is 2.27. The van der Waals surface area contributed by atoms with Gasteiger partial charge in [-0.25, -0.2) is 0 Å². The van der Waals surface area contributed by atoms with Gasteiger partial charge in [-0.2, -0.15) is 0 Å². The highest BCUT2D eigenvalue weighted by Gasteiger charge is 2.00. The molecule has 1 aromatic heterocycles. The van der Waals surface area contributed by atoms with Gasteiger partial charge in [-0.05, 0) is 78.6 Å². The van der Waals surface area contributed by atoms with Gasteiger partial charge in [0.1, 0.15) is 5.75 Å². The normalized spacial score (nSPS) is 11.6. The fourth-order valence-electron chi connectivity index (χ4n) is 2.73. The zero-order valence-corrected chi connectivity index (χ0v) is 18.1. The van der Waals surface area contributed by atoms with Crippen molar-refractivity contribution in [2.45, 2.75) is 31.7 Å². The molecule has 0 saturated heterocycles. The van der Waals surface area contributed by atoms with E-state index in [1.165, 1.54) is 26.5 Å². The first-order chi connectivity index (χ1) is 13.7. The summed E-state index contributed by atoms with van der Waals surface area (Å²) in [6.07, 6.45) is 0.999. The quantitative estimate of drug-likeness (QED) is 0.295. The Morgan fingerprint density at radius 2 is 1.89 bits per heavy atom. The third-order valence-corrected chi connectivity index (χ3v) is 6.47. The van der Waals surface area contributed by atoms with Gasteiger partial charge in [-0.1, -0.05) is 48.2 Å². The summed E-state index contributed by atoms with van der Waals surface area (Å²) in [4.78, 5) is 2.68. The van der Waals surface area contributed by atoms with Crippen LogP contribution in [0.1, 0.15) is 29.3 Å². The van der Waals surface area contributed by atoms with Crippen LogP contribution in [-0.4, -0.2) is 13.2 Å². The minimum atomic E-state index is 0.731. The first-order valence-electron chi connectivity index (χ1n) is 9.58. The van der Waals surface area contributed by atoms with Crippen LogP contribution in [0.4, 0.5) is 0 Å². The Morgan fingerprint density at radius 1 is 1.07 bits per heavy atom. The monoisotopic (exact) mass is 409 g/mol. The molecule has 146 valence electrons. The van der Waals surface area contributed by atoms with Crippen molar-refractivity contribution < 1.29 is 4.74 Å². The second-order valence-corrected chi connectivity index (χ2v) is 8.61. The molecule has 3 aromatic rings. The number of hydrogen-bond donors (Lipinski definition) is 1. The van der Waals surface area contributed by atoms with Crippen LogP contribution in [0.3, 0.4) is 0 Å². The number of thiophene rings is 1. The summed E-state index contributed by atoms with van der Waals surface area (Å²) in [5, 5.41) is 7.78. The molecule has 0 radical (unpaired) electrons. The Hall–Kier alpha value is -2.01. The maximum absolute atomic E-state index is 5.86. The largest absolute Gasteiger partial charge is 0.494 e. The van der Waals surface area contributed by atoms with Crippen molar-refractivity contribution >= 4 is 28.7 Å². The lowest BCUT2D eigenvalue weighted by Gasteiger charge is -2.08. The van der Waals surface area contributed by atoms with Crippen LogP contribution in [0.25, 0.3) is 5.57 Å². The van der Waals surface area contributed by atoms with E-state index in [1.807, 2.05) is 0 Å². The van der Waals surface area contributed by atoms with Crippen LogP contribution >= 0.6 is 23.1 Å². The van der Waals surface area contributed by atoms with Crippen LogP contribution in [0, 0.1) is 6.92 Å². The number of nitrogens with one attached hydrogen (secondary N) is 1. The highest BCUT2D eigenvalue weighted by atomic mass is 32.2. The van der Waals surface area contributed by atoms with Gasteiger partial charge in [0.25, 0.3) is 0 Å². The standard InChI is InChI=1S/C24H27NOS2/c1-19-7-3-4-9-24(19)28-18-20(2)21-10-12-22(13-11-21)26-15-6-14-25-17-23-8-5-16-27-23/h3-5,7-13,16,18,25H,6,14-15,17H2,1-2H3/b20-18+. The average Bonchev–Trinajstić information content (AvgIpc) is 3.24. The molecule has 3 rings (SSSR count). The molecule has 0 saturated carbocycles. The number of hydrogen-bond acceptors (Lipinski definition) is 4. The van der Waals surface area contributed by atoms with E-state index in [0.29, 0.717) is 0 Å². The zero-order valence-electron chi connectivity index (χ0n) is 16.5. The predicted octanol–water partition coefficient (Wildman–Crippen LogP) is 6.77. The maximum Gasteiger partial charge on any atom is 0.119 e. The number of thioether (sulfide) groups is 1. The fraction of sp³-hybridized carbons (Fsp3) is 0.250. The maximum atomic E-state index is 5.86. The molecule has 0 amide bonds. The Kier molecular flexibility index (Phi) is 8.22. The Labute approximate surface area is 176 Å². The van der Waals surface area contributed by atoms with E-state index < -0.39 is 0 Å². The fourth-order valence-corrected chi connectivity index (χ4v) is 4.26. The molecule has 0 spiro atoms. The van der Waals surface area contributed by atoms with Gasteiger partial charge < -0.3 is 10.1 Å². The van der Waals surface area contributed by atoms with Gasteiger partial charge in [0, 0.05) is 16.3 Å². The topological polar surface area (TPSA) is 21.3 Å². The van der Waals surface area contributed by atoms with E-state index in [1.54, 1.807) is 23.1 Å². The van der Waals surface area contributed by atoms with Gasteiger partial charge in [0.2, 0.25) is 0 Å². The summed E-state index contributed by atoms with van der Waals surface area (Å²) in [6.45, 7) is 6.94. The van der Waals surface area contributed by atoms with Crippen molar-refractivity contribution in [2.24, 2.45) is 0 Å².